The molecule has 0 unspecified atom stereocenters. The average molecular weight is 377 g/mol. The van der Waals surface area contributed by atoms with Gasteiger partial charge in [-0.3, -0.25) is 9.59 Å². The molecule has 7 nitrogen and oxygen atoms in total. The van der Waals surface area contributed by atoms with Crippen molar-refractivity contribution >= 4 is 17.6 Å². The summed E-state index contributed by atoms with van der Waals surface area (Å²) >= 11 is 0. The van der Waals surface area contributed by atoms with Crippen LogP contribution >= 0.6 is 0 Å². The molecule has 144 valence electrons. The highest BCUT2D eigenvalue weighted by Crippen LogP contribution is 2.18. The zero-order valence-electron chi connectivity index (χ0n) is 16.1. The molecule has 2 heterocycles. The molecule has 7 heteroatoms. The molecule has 1 saturated heterocycles. The zero-order valence-corrected chi connectivity index (χ0v) is 16.1. The molecule has 1 aliphatic heterocycles. The van der Waals surface area contributed by atoms with E-state index < -0.39 is 0 Å². The van der Waals surface area contributed by atoms with Gasteiger partial charge in [0.05, 0.1) is 12.1 Å². The first-order valence-electron chi connectivity index (χ1n) is 9.23. The van der Waals surface area contributed by atoms with E-state index in [2.05, 4.69) is 16.4 Å². The third kappa shape index (κ3) is 4.29. The van der Waals surface area contributed by atoms with E-state index in [1.165, 1.54) is 0 Å². The molecular weight excluding hydrogens is 354 g/mol. The van der Waals surface area contributed by atoms with E-state index in [0.717, 1.165) is 11.1 Å². The number of nitrogens with zero attached hydrogens (tertiary/aromatic N) is 4. The van der Waals surface area contributed by atoms with Gasteiger partial charge in [0, 0.05) is 37.9 Å². The van der Waals surface area contributed by atoms with Crippen LogP contribution in [0.4, 0.5) is 5.82 Å². The van der Waals surface area contributed by atoms with Crippen molar-refractivity contribution in [2.75, 3.05) is 37.6 Å². The Morgan fingerprint density at radius 2 is 1.89 bits per heavy atom. The van der Waals surface area contributed by atoms with Crippen molar-refractivity contribution in [3.8, 4) is 6.07 Å². The maximum atomic E-state index is 12.4. The third-order valence-electron chi connectivity index (χ3n) is 5.01. The van der Waals surface area contributed by atoms with E-state index in [0.29, 0.717) is 43.1 Å². The largest absolute Gasteiger partial charge is 0.352 e. The van der Waals surface area contributed by atoms with Gasteiger partial charge < -0.3 is 15.1 Å². The molecule has 2 aromatic rings. The minimum Gasteiger partial charge on any atom is -0.352 e. The van der Waals surface area contributed by atoms with Crippen LogP contribution in [0.15, 0.2) is 36.5 Å². The van der Waals surface area contributed by atoms with Gasteiger partial charge in [-0.25, -0.2) is 4.98 Å². The number of piperazine rings is 1. The molecule has 0 radical (unpaired) electrons. The maximum Gasteiger partial charge on any atom is 0.251 e. The molecule has 0 bridgehead atoms. The van der Waals surface area contributed by atoms with Gasteiger partial charge >= 0.3 is 0 Å². The number of nitrogens with one attached hydrogen (secondary N) is 1. The second-order valence-electron chi connectivity index (χ2n) is 6.84. The van der Waals surface area contributed by atoms with Gasteiger partial charge in [0.25, 0.3) is 5.91 Å². The Labute approximate surface area is 164 Å². The standard InChI is InChI=1S/C21H23N5O2/c1-15-5-6-17(12-16(15)2)21(28)24-14-19(27)25-8-10-26(11-9-25)20-18(13-22)4-3-7-23-20/h3-7,12H,8-11,14H2,1-2H3,(H,24,28). The molecule has 3 rings (SSSR count). The first kappa shape index (κ1) is 19.4. The van der Waals surface area contributed by atoms with E-state index in [-0.39, 0.29) is 18.4 Å². The summed E-state index contributed by atoms with van der Waals surface area (Å²) < 4.78 is 0. The van der Waals surface area contributed by atoms with E-state index in [1.807, 2.05) is 30.9 Å². The van der Waals surface area contributed by atoms with Gasteiger partial charge in [-0.05, 0) is 49.2 Å². The Morgan fingerprint density at radius 3 is 2.57 bits per heavy atom. The van der Waals surface area contributed by atoms with E-state index in [1.54, 1.807) is 29.3 Å². The van der Waals surface area contributed by atoms with Gasteiger partial charge in [-0.15, -0.1) is 0 Å². The molecule has 0 saturated carbocycles. The van der Waals surface area contributed by atoms with Crippen molar-refractivity contribution in [3.63, 3.8) is 0 Å². The minimum atomic E-state index is -0.248. The number of hydrogen-bond acceptors (Lipinski definition) is 5. The van der Waals surface area contributed by atoms with Crippen LogP contribution in [-0.4, -0.2) is 54.4 Å². The second kappa shape index (κ2) is 8.53. The molecule has 0 spiro atoms. The predicted molar refractivity (Wildman–Crippen MR) is 106 cm³/mol. The lowest BCUT2D eigenvalue weighted by Gasteiger charge is -2.35. The summed E-state index contributed by atoms with van der Waals surface area (Å²) in [4.78, 5) is 32.8. The SMILES string of the molecule is Cc1ccc(C(=O)NCC(=O)N2CCN(c3ncccc3C#N)CC2)cc1C. The second-order valence-corrected chi connectivity index (χ2v) is 6.84. The van der Waals surface area contributed by atoms with Gasteiger partial charge in [0.1, 0.15) is 11.9 Å². The summed E-state index contributed by atoms with van der Waals surface area (Å²) in [6.07, 6.45) is 1.66. The van der Waals surface area contributed by atoms with Crippen LogP contribution in [0.25, 0.3) is 0 Å². The Balaban J connectivity index is 1.52. The van der Waals surface area contributed by atoms with Crippen LogP contribution in [0.3, 0.4) is 0 Å². The summed E-state index contributed by atoms with van der Waals surface area (Å²) in [5.74, 6) is 0.292. The molecule has 1 N–H and O–H groups in total. The van der Waals surface area contributed by atoms with E-state index in [9.17, 15) is 14.9 Å². The van der Waals surface area contributed by atoms with Crippen molar-refractivity contribution < 1.29 is 9.59 Å². The topological polar surface area (TPSA) is 89.3 Å². The molecule has 0 atom stereocenters. The normalized spacial score (nSPS) is 13.8. The number of nitriles is 1. The van der Waals surface area contributed by atoms with E-state index >= 15 is 0 Å². The highest BCUT2D eigenvalue weighted by Gasteiger charge is 2.23. The molecule has 28 heavy (non-hydrogen) atoms. The smallest absolute Gasteiger partial charge is 0.251 e. The van der Waals surface area contributed by atoms with Crippen LogP contribution in [0.2, 0.25) is 0 Å². The van der Waals surface area contributed by atoms with Crippen molar-refractivity contribution in [3.05, 3.63) is 58.8 Å². The number of pyridine rings is 1. The maximum absolute atomic E-state index is 12.4. The Morgan fingerprint density at radius 1 is 1.14 bits per heavy atom. The van der Waals surface area contributed by atoms with Crippen LogP contribution in [0.5, 0.6) is 0 Å². The molecule has 2 amide bonds. The van der Waals surface area contributed by atoms with Gasteiger partial charge in [-0.2, -0.15) is 5.26 Å². The number of amides is 2. The highest BCUT2D eigenvalue weighted by atomic mass is 16.2. The fourth-order valence-electron chi connectivity index (χ4n) is 3.16. The zero-order chi connectivity index (χ0) is 20.1. The molecule has 1 fully saturated rings. The Hall–Kier alpha value is -3.40. The number of anilines is 1. The lowest BCUT2D eigenvalue weighted by atomic mass is 10.1. The van der Waals surface area contributed by atoms with Crippen LogP contribution in [0.1, 0.15) is 27.0 Å². The summed E-state index contributed by atoms with van der Waals surface area (Å²) in [6, 6.07) is 11.1. The molecular formula is C21H23N5O2. The monoisotopic (exact) mass is 377 g/mol. The first-order chi connectivity index (χ1) is 13.5. The number of aryl methyl sites for hydroxylation is 2. The number of benzene rings is 1. The molecule has 1 aromatic carbocycles. The van der Waals surface area contributed by atoms with Crippen molar-refractivity contribution in [1.29, 1.82) is 5.26 Å². The lowest BCUT2D eigenvalue weighted by molar-refractivity contribution is -0.130. The summed E-state index contributed by atoms with van der Waals surface area (Å²) in [7, 11) is 0. The van der Waals surface area contributed by atoms with Crippen molar-refractivity contribution in [2.24, 2.45) is 0 Å². The van der Waals surface area contributed by atoms with Gasteiger partial charge in [0.15, 0.2) is 0 Å². The Bertz CT molecular complexity index is 927. The summed E-state index contributed by atoms with van der Waals surface area (Å²) in [5.41, 5.74) is 3.25. The van der Waals surface area contributed by atoms with Gasteiger partial charge in [0.2, 0.25) is 5.91 Å². The summed E-state index contributed by atoms with van der Waals surface area (Å²) in [6.45, 7) is 6.17. The number of rotatable bonds is 4. The quantitative estimate of drug-likeness (QED) is 0.875. The average Bonchev–Trinajstić information content (AvgIpc) is 2.73. The number of hydrogen-bond donors (Lipinski definition) is 1. The van der Waals surface area contributed by atoms with Crippen molar-refractivity contribution in [2.45, 2.75) is 13.8 Å². The molecule has 0 aliphatic carbocycles. The lowest BCUT2D eigenvalue weighted by Crippen LogP contribution is -2.51. The van der Waals surface area contributed by atoms with Crippen molar-refractivity contribution in [1.82, 2.24) is 15.2 Å². The first-order valence-corrected chi connectivity index (χ1v) is 9.23. The fraction of sp³-hybridized carbons (Fsp3) is 0.333. The van der Waals surface area contributed by atoms with Crippen LogP contribution < -0.4 is 10.2 Å². The van der Waals surface area contributed by atoms with Crippen LogP contribution in [-0.2, 0) is 4.79 Å². The van der Waals surface area contributed by atoms with Crippen LogP contribution in [0, 0.1) is 25.2 Å². The highest BCUT2D eigenvalue weighted by molar-refractivity contribution is 5.96. The minimum absolute atomic E-state index is 0.0290. The predicted octanol–water partition coefficient (Wildman–Crippen LogP) is 1.65. The molecule has 1 aromatic heterocycles. The fourth-order valence-corrected chi connectivity index (χ4v) is 3.16. The third-order valence-corrected chi connectivity index (χ3v) is 5.01. The van der Waals surface area contributed by atoms with E-state index in [4.69, 9.17) is 0 Å². The number of carbonyl (C=O) groups is 2. The number of carbonyl (C=O) groups excluding carboxylic acids is 2. The van der Waals surface area contributed by atoms with Gasteiger partial charge in [-0.1, -0.05) is 6.07 Å². The Kier molecular flexibility index (Phi) is 5.90. The summed E-state index contributed by atoms with van der Waals surface area (Å²) in [5, 5.41) is 11.9. The molecule has 1 aliphatic rings. The number of aromatic nitrogens is 1.